The summed E-state index contributed by atoms with van der Waals surface area (Å²) >= 11 is 0. The summed E-state index contributed by atoms with van der Waals surface area (Å²) in [5.74, 6) is -1.18. The van der Waals surface area contributed by atoms with E-state index in [0.29, 0.717) is 45.9 Å². The molecule has 0 saturated carbocycles. The van der Waals surface area contributed by atoms with Gasteiger partial charge in [-0.1, -0.05) is 84.9 Å². The van der Waals surface area contributed by atoms with Crippen LogP contribution in [0, 0.1) is 0 Å². The normalized spacial score (nSPS) is 15.8. The average molecular weight is 627 g/mol. The molecule has 2 aliphatic heterocycles. The highest BCUT2D eigenvalue weighted by Gasteiger charge is 2.39. The number of hydrogen-bond acceptors (Lipinski definition) is 4. The number of carbonyl (C=O) groups is 4. The summed E-state index contributed by atoms with van der Waals surface area (Å²) in [6.45, 7) is 3.83. The van der Waals surface area contributed by atoms with E-state index in [4.69, 9.17) is 0 Å². The smallest absolute Gasteiger partial charge is 0.261 e. The van der Waals surface area contributed by atoms with E-state index >= 15 is 0 Å². The Labute approximate surface area is 276 Å². The summed E-state index contributed by atoms with van der Waals surface area (Å²) in [6, 6.07) is 34.2. The Morgan fingerprint density at radius 3 is 0.979 bits per heavy atom. The number of nitrogens with zero attached hydrogens (tertiary/aromatic N) is 2. The zero-order valence-electron chi connectivity index (χ0n) is 26.5. The number of amides is 4. The zero-order chi connectivity index (χ0) is 32.8. The van der Waals surface area contributed by atoms with Gasteiger partial charge in [0.1, 0.15) is 0 Å². The lowest BCUT2D eigenvalue weighted by atomic mass is 9.82. The number of rotatable bonds is 6. The molecule has 0 spiro atoms. The number of fused-ring (bicyclic) bond motifs is 2. The maximum atomic E-state index is 14.0. The molecule has 2 aliphatic rings. The fraction of sp³-hybridized carbons (Fsp3) is 0.143. The Bertz CT molecular complexity index is 2220. The predicted octanol–water partition coefficient (Wildman–Crippen LogP) is 8.19. The van der Waals surface area contributed by atoms with Crippen molar-refractivity contribution in [2.75, 3.05) is 0 Å². The van der Waals surface area contributed by atoms with Crippen LogP contribution < -0.4 is 0 Å². The molecule has 2 atom stereocenters. The minimum Gasteiger partial charge on any atom is -0.271 e. The van der Waals surface area contributed by atoms with Gasteiger partial charge in [0.25, 0.3) is 23.6 Å². The molecule has 0 radical (unpaired) electrons. The van der Waals surface area contributed by atoms with Crippen molar-refractivity contribution in [3.8, 4) is 0 Å². The zero-order valence-corrected chi connectivity index (χ0v) is 26.5. The molecule has 0 saturated heterocycles. The van der Waals surface area contributed by atoms with Crippen LogP contribution in [0.5, 0.6) is 0 Å². The third-order valence-electron chi connectivity index (χ3n) is 10.3. The van der Waals surface area contributed by atoms with E-state index in [0.717, 1.165) is 43.4 Å². The molecule has 2 heterocycles. The quantitative estimate of drug-likeness (QED) is 0.106. The van der Waals surface area contributed by atoms with E-state index in [1.807, 2.05) is 123 Å². The van der Waals surface area contributed by atoms with Gasteiger partial charge in [-0.15, -0.1) is 0 Å². The molecule has 0 bridgehead atoms. The fourth-order valence-corrected chi connectivity index (χ4v) is 8.20. The summed E-state index contributed by atoms with van der Waals surface area (Å²) in [5.41, 5.74) is 4.15. The van der Waals surface area contributed by atoms with Gasteiger partial charge in [0.15, 0.2) is 0 Å². The second-order valence-corrected chi connectivity index (χ2v) is 13.2. The predicted molar refractivity (Wildman–Crippen MR) is 188 cm³/mol. The van der Waals surface area contributed by atoms with Crippen molar-refractivity contribution in [1.82, 2.24) is 9.80 Å². The summed E-state index contributed by atoms with van der Waals surface area (Å²) < 4.78 is 0. The first-order valence-electron chi connectivity index (χ1n) is 16.4. The largest absolute Gasteiger partial charge is 0.271 e. The third kappa shape index (κ3) is 3.86. The number of hydrogen-bond donors (Lipinski definition) is 0. The van der Waals surface area contributed by atoms with Crippen molar-refractivity contribution in [2.45, 2.75) is 38.8 Å². The standard InChI is InChI=1S/C42H30N2O4/c1-23(21-25-9-5-3-6-10-25)43-39(45)31-17-13-27-29-15-19-33-38-34(42(48)44(41(33)47)24(2)22-26-11-7-4-8-12-26)20-16-30(36(29)38)28-14-18-32(40(43)46)37(31)35(27)28/h3-20,23-24H,21-22H2,1-2H3. The van der Waals surface area contributed by atoms with Crippen LogP contribution >= 0.6 is 0 Å². The molecule has 0 aromatic heterocycles. The van der Waals surface area contributed by atoms with Gasteiger partial charge in [0, 0.05) is 45.1 Å². The van der Waals surface area contributed by atoms with Crippen LogP contribution in [0.3, 0.4) is 0 Å². The minimum absolute atomic E-state index is 0.295. The maximum absolute atomic E-state index is 14.0. The lowest BCUT2D eigenvalue weighted by Crippen LogP contribution is -2.46. The number of benzene rings is 7. The van der Waals surface area contributed by atoms with E-state index in [2.05, 4.69) is 0 Å². The van der Waals surface area contributed by atoms with Gasteiger partial charge < -0.3 is 0 Å². The van der Waals surface area contributed by atoms with Crippen LogP contribution in [-0.2, 0) is 12.8 Å². The summed E-state index contributed by atoms with van der Waals surface area (Å²) in [6.07, 6.45) is 1.12. The molecule has 0 N–H and O–H groups in total. The van der Waals surface area contributed by atoms with Crippen molar-refractivity contribution in [2.24, 2.45) is 0 Å². The topological polar surface area (TPSA) is 74.8 Å². The molecular formula is C42H30N2O4. The third-order valence-corrected chi connectivity index (χ3v) is 10.3. The molecule has 7 aromatic carbocycles. The van der Waals surface area contributed by atoms with Crippen LogP contribution in [0.4, 0.5) is 0 Å². The molecule has 9 rings (SSSR count). The molecule has 6 nitrogen and oxygen atoms in total. The molecule has 4 amide bonds. The highest BCUT2D eigenvalue weighted by molar-refractivity contribution is 6.41. The van der Waals surface area contributed by atoms with Crippen molar-refractivity contribution in [3.63, 3.8) is 0 Å². The summed E-state index contributed by atoms with van der Waals surface area (Å²) in [5, 5.41) is 6.56. The van der Waals surface area contributed by atoms with Crippen molar-refractivity contribution >= 4 is 66.7 Å². The Balaban J connectivity index is 1.19. The highest BCUT2D eigenvalue weighted by atomic mass is 16.2. The molecule has 48 heavy (non-hydrogen) atoms. The Morgan fingerprint density at radius 2 is 0.688 bits per heavy atom. The number of carbonyl (C=O) groups excluding carboxylic acids is 4. The van der Waals surface area contributed by atoms with Gasteiger partial charge in [0.2, 0.25) is 0 Å². The Morgan fingerprint density at radius 1 is 0.396 bits per heavy atom. The van der Waals surface area contributed by atoms with Gasteiger partial charge in [-0.2, -0.15) is 0 Å². The lowest BCUT2D eigenvalue weighted by Gasteiger charge is -2.34. The van der Waals surface area contributed by atoms with Crippen LogP contribution in [0.2, 0.25) is 0 Å². The monoisotopic (exact) mass is 626 g/mol. The van der Waals surface area contributed by atoms with Gasteiger partial charge in [0.05, 0.1) is 0 Å². The molecule has 6 heteroatoms. The summed E-state index contributed by atoms with van der Waals surface area (Å²) in [4.78, 5) is 59.0. The second-order valence-electron chi connectivity index (χ2n) is 13.2. The van der Waals surface area contributed by atoms with Gasteiger partial charge in [-0.3, -0.25) is 29.0 Å². The Kier molecular flexibility index (Phi) is 6.09. The van der Waals surface area contributed by atoms with Gasteiger partial charge in [-0.05, 0) is 94.4 Å². The van der Waals surface area contributed by atoms with E-state index < -0.39 is 0 Å². The number of imide groups is 2. The second kappa shape index (κ2) is 10.3. The molecule has 0 aliphatic carbocycles. The first kappa shape index (κ1) is 28.4. The van der Waals surface area contributed by atoms with Crippen LogP contribution in [0.25, 0.3) is 43.1 Å². The maximum Gasteiger partial charge on any atom is 0.261 e. The Hall–Kier alpha value is -5.88. The fourth-order valence-electron chi connectivity index (χ4n) is 8.20. The highest BCUT2D eigenvalue weighted by Crippen LogP contribution is 2.46. The van der Waals surface area contributed by atoms with E-state index in [-0.39, 0.29) is 35.7 Å². The van der Waals surface area contributed by atoms with Gasteiger partial charge in [-0.25, -0.2) is 0 Å². The minimum atomic E-state index is -0.329. The van der Waals surface area contributed by atoms with E-state index in [1.165, 1.54) is 9.80 Å². The first-order chi connectivity index (χ1) is 23.3. The summed E-state index contributed by atoms with van der Waals surface area (Å²) in [7, 11) is 0. The molecule has 232 valence electrons. The van der Waals surface area contributed by atoms with Crippen molar-refractivity contribution < 1.29 is 19.2 Å². The van der Waals surface area contributed by atoms with E-state index in [1.54, 1.807) is 0 Å². The molecule has 7 aromatic rings. The van der Waals surface area contributed by atoms with Crippen LogP contribution in [0.1, 0.15) is 66.4 Å². The van der Waals surface area contributed by atoms with Crippen LogP contribution in [-0.4, -0.2) is 45.5 Å². The average Bonchev–Trinajstić information content (AvgIpc) is 3.10. The van der Waals surface area contributed by atoms with E-state index in [9.17, 15) is 19.2 Å². The SMILES string of the molecule is CC(Cc1ccccc1)N1C(=O)c2ccc3c4ccc5c6c(ccc(c7ccc(c2c37)C1=O)c64)C(=O)N(C(C)Cc1ccccc1)C5=O. The molecular weight excluding hydrogens is 596 g/mol. The van der Waals surface area contributed by atoms with Gasteiger partial charge >= 0.3 is 0 Å². The van der Waals surface area contributed by atoms with Crippen LogP contribution in [0.15, 0.2) is 109 Å². The molecule has 0 fully saturated rings. The lowest BCUT2D eigenvalue weighted by molar-refractivity contribution is 0.0535. The first-order valence-corrected chi connectivity index (χ1v) is 16.4. The molecule has 2 unspecified atom stereocenters. The van der Waals surface area contributed by atoms with Crippen molar-refractivity contribution in [3.05, 3.63) is 143 Å². The van der Waals surface area contributed by atoms with Crippen molar-refractivity contribution in [1.29, 1.82) is 0 Å².